The van der Waals surface area contributed by atoms with Crippen LogP contribution in [0.3, 0.4) is 0 Å². The molecule has 1 aromatic carbocycles. The van der Waals surface area contributed by atoms with Crippen molar-refractivity contribution in [1.82, 2.24) is 5.32 Å². The fourth-order valence-electron chi connectivity index (χ4n) is 2.47. The van der Waals surface area contributed by atoms with E-state index >= 15 is 0 Å². The lowest BCUT2D eigenvalue weighted by atomic mass is 10.2. The number of nitrogens with one attached hydrogen (secondary N) is 1. The number of anilines is 1. The summed E-state index contributed by atoms with van der Waals surface area (Å²) in [5, 5.41) is 2.67. The summed E-state index contributed by atoms with van der Waals surface area (Å²) in [6, 6.07) is 2.61. The predicted molar refractivity (Wildman–Crippen MR) is 85.1 cm³/mol. The van der Waals surface area contributed by atoms with Crippen LogP contribution in [-0.4, -0.2) is 46.4 Å². The van der Waals surface area contributed by atoms with Crippen molar-refractivity contribution < 1.29 is 26.7 Å². The second kappa shape index (κ2) is 7.89. The number of carbonyl (C=O) groups excluding carboxylic acids is 1. The summed E-state index contributed by atoms with van der Waals surface area (Å²) in [6.07, 6.45) is 2.56. The van der Waals surface area contributed by atoms with Crippen molar-refractivity contribution in [2.24, 2.45) is 0 Å². The first-order valence-corrected chi connectivity index (χ1v) is 9.43. The summed E-state index contributed by atoms with van der Waals surface area (Å²) in [5.74, 6) is -2.17. The first kappa shape index (κ1) is 18.6. The second-order valence-corrected chi connectivity index (χ2v) is 7.53. The monoisotopic (exact) mass is 362 g/mol. The van der Waals surface area contributed by atoms with E-state index < -0.39 is 21.7 Å². The highest BCUT2D eigenvalue weighted by Crippen LogP contribution is 2.22. The Labute approximate surface area is 139 Å². The number of hydrogen-bond acceptors (Lipinski definition) is 4. The molecule has 1 heterocycles. The molecule has 1 unspecified atom stereocenters. The smallest absolute Gasteiger partial charge is 0.232 e. The van der Waals surface area contributed by atoms with E-state index in [1.54, 1.807) is 0 Å². The van der Waals surface area contributed by atoms with Gasteiger partial charge in [-0.05, 0) is 25.0 Å². The Morgan fingerprint density at radius 1 is 1.42 bits per heavy atom. The molecule has 6 nitrogen and oxygen atoms in total. The standard InChI is InChI=1S/C15H20F2N2O4S/c1-24(21,22)19(14-5-4-11(16)9-13(14)17)7-6-15(20)18-10-12-3-2-8-23-12/h4-5,9,12H,2-3,6-8,10H2,1H3,(H,18,20). The summed E-state index contributed by atoms with van der Waals surface area (Å²) >= 11 is 0. The molecule has 1 atom stereocenters. The molecule has 1 N–H and O–H groups in total. The van der Waals surface area contributed by atoms with Crippen LogP contribution in [0.1, 0.15) is 19.3 Å². The SMILES string of the molecule is CS(=O)(=O)N(CCC(=O)NCC1CCCO1)c1ccc(F)cc1F. The van der Waals surface area contributed by atoms with E-state index in [0.717, 1.165) is 35.5 Å². The number of halogens is 2. The van der Waals surface area contributed by atoms with Crippen molar-refractivity contribution in [2.75, 3.05) is 30.3 Å². The number of carbonyl (C=O) groups is 1. The lowest BCUT2D eigenvalue weighted by Crippen LogP contribution is -2.37. The maximum Gasteiger partial charge on any atom is 0.232 e. The van der Waals surface area contributed by atoms with Crippen molar-refractivity contribution in [1.29, 1.82) is 0 Å². The third-order valence-corrected chi connectivity index (χ3v) is 4.85. The van der Waals surface area contributed by atoms with Gasteiger partial charge in [0.25, 0.3) is 0 Å². The topological polar surface area (TPSA) is 75.7 Å². The number of sulfonamides is 1. The van der Waals surface area contributed by atoms with Gasteiger partial charge in [-0.15, -0.1) is 0 Å². The molecule has 1 aliphatic rings. The Hall–Kier alpha value is -1.74. The van der Waals surface area contributed by atoms with Crippen molar-refractivity contribution in [3.63, 3.8) is 0 Å². The lowest BCUT2D eigenvalue weighted by molar-refractivity contribution is -0.121. The summed E-state index contributed by atoms with van der Waals surface area (Å²) in [4.78, 5) is 11.9. The summed E-state index contributed by atoms with van der Waals surface area (Å²) in [7, 11) is -3.81. The van der Waals surface area contributed by atoms with Gasteiger partial charge in [0.15, 0.2) is 0 Å². The highest BCUT2D eigenvalue weighted by atomic mass is 32.2. The number of nitrogens with zero attached hydrogens (tertiary/aromatic N) is 1. The van der Waals surface area contributed by atoms with Gasteiger partial charge in [0, 0.05) is 32.2 Å². The van der Waals surface area contributed by atoms with Gasteiger partial charge in [0.2, 0.25) is 15.9 Å². The van der Waals surface area contributed by atoms with Crippen molar-refractivity contribution in [2.45, 2.75) is 25.4 Å². The normalized spacial score (nSPS) is 17.7. The molecule has 9 heteroatoms. The molecule has 1 aliphatic heterocycles. The van der Waals surface area contributed by atoms with Crippen molar-refractivity contribution >= 4 is 21.6 Å². The van der Waals surface area contributed by atoms with E-state index in [9.17, 15) is 22.0 Å². The molecular weight excluding hydrogens is 342 g/mol. The largest absolute Gasteiger partial charge is 0.376 e. The minimum Gasteiger partial charge on any atom is -0.376 e. The number of rotatable bonds is 7. The molecule has 0 aromatic heterocycles. The van der Waals surface area contributed by atoms with Crippen LogP contribution in [0.15, 0.2) is 18.2 Å². The van der Waals surface area contributed by atoms with Crippen LogP contribution in [0.2, 0.25) is 0 Å². The van der Waals surface area contributed by atoms with E-state index in [0.29, 0.717) is 19.2 Å². The molecular formula is C15H20F2N2O4S. The molecule has 1 aromatic rings. The molecule has 0 saturated carbocycles. The number of hydrogen-bond donors (Lipinski definition) is 1. The molecule has 0 bridgehead atoms. The second-order valence-electron chi connectivity index (χ2n) is 5.62. The third kappa shape index (κ3) is 5.13. The van der Waals surface area contributed by atoms with E-state index in [-0.39, 0.29) is 30.7 Å². The Morgan fingerprint density at radius 3 is 2.75 bits per heavy atom. The van der Waals surface area contributed by atoms with E-state index in [2.05, 4.69) is 5.32 Å². The number of amides is 1. The first-order chi connectivity index (χ1) is 11.3. The minimum atomic E-state index is -3.81. The van der Waals surface area contributed by atoms with Gasteiger partial charge in [-0.25, -0.2) is 17.2 Å². The van der Waals surface area contributed by atoms with Gasteiger partial charge >= 0.3 is 0 Å². The van der Waals surface area contributed by atoms with Crippen LogP contribution >= 0.6 is 0 Å². The maximum atomic E-state index is 13.8. The average Bonchev–Trinajstić information content (AvgIpc) is 2.99. The molecule has 1 saturated heterocycles. The molecule has 1 amide bonds. The Bertz CT molecular complexity index is 691. The molecule has 2 rings (SSSR count). The van der Waals surface area contributed by atoms with Crippen LogP contribution in [0.25, 0.3) is 0 Å². The quantitative estimate of drug-likeness (QED) is 0.796. The summed E-state index contributed by atoms with van der Waals surface area (Å²) in [5.41, 5.74) is -0.286. The van der Waals surface area contributed by atoms with Crippen LogP contribution in [0, 0.1) is 11.6 Å². The Morgan fingerprint density at radius 2 is 2.17 bits per heavy atom. The highest BCUT2D eigenvalue weighted by Gasteiger charge is 2.22. The number of ether oxygens (including phenoxy) is 1. The van der Waals surface area contributed by atoms with Gasteiger partial charge in [0.05, 0.1) is 18.0 Å². The fourth-order valence-corrected chi connectivity index (χ4v) is 3.40. The summed E-state index contributed by atoms with van der Waals surface area (Å²) in [6.45, 7) is 0.799. The zero-order valence-electron chi connectivity index (χ0n) is 13.3. The van der Waals surface area contributed by atoms with Gasteiger partial charge in [-0.1, -0.05) is 0 Å². The fraction of sp³-hybridized carbons (Fsp3) is 0.533. The summed E-state index contributed by atoms with van der Waals surface area (Å²) < 4.78 is 56.7. The molecule has 0 aliphatic carbocycles. The number of benzene rings is 1. The zero-order chi connectivity index (χ0) is 17.7. The average molecular weight is 362 g/mol. The molecule has 1 fully saturated rings. The zero-order valence-corrected chi connectivity index (χ0v) is 14.1. The van der Waals surface area contributed by atoms with Gasteiger partial charge in [-0.3, -0.25) is 9.10 Å². The van der Waals surface area contributed by atoms with E-state index in [4.69, 9.17) is 4.74 Å². The first-order valence-electron chi connectivity index (χ1n) is 7.58. The predicted octanol–water partition coefficient (Wildman–Crippen LogP) is 1.42. The maximum absolute atomic E-state index is 13.8. The molecule has 0 radical (unpaired) electrons. The molecule has 24 heavy (non-hydrogen) atoms. The molecule has 134 valence electrons. The Balaban J connectivity index is 1.97. The highest BCUT2D eigenvalue weighted by molar-refractivity contribution is 7.92. The van der Waals surface area contributed by atoms with E-state index in [1.807, 2.05) is 0 Å². The van der Waals surface area contributed by atoms with Crippen LogP contribution < -0.4 is 9.62 Å². The van der Waals surface area contributed by atoms with Gasteiger partial charge < -0.3 is 10.1 Å². The Kier molecular flexibility index (Phi) is 6.11. The van der Waals surface area contributed by atoms with Crippen LogP contribution in [0.4, 0.5) is 14.5 Å². The van der Waals surface area contributed by atoms with E-state index in [1.165, 1.54) is 0 Å². The molecule has 0 spiro atoms. The van der Waals surface area contributed by atoms with Crippen molar-refractivity contribution in [3.8, 4) is 0 Å². The van der Waals surface area contributed by atoms with Gasteiger partial charge in [0.1, 0.15) is 11.6 Å². The third-order valence-electron chi connectivity index (χ3n) is 3.67. The van der Waals surface area contributed by atoms with Crippen LogP contribution in [0.5, 0.6) is 0 Å². The van der Waals surface area contributed by atoms with Crippen LogP contribution in [-0.2, 0) is 19.6 Å². The van der Waals surface area contributed by atoms with Crippen molar-refractivity contribution in [3.05, 3.63) is 29.8 Å². The minimum absolute atomic E-state index is 0.0190. The lowest BCUT2D eigenvalue weighted by Gasteiger charge is -2.22. The van der Waals surface area contributed by atoms with Gasteiger partial charge in [-0.2, -0.15) is 0 Å².